The van der Waals surface area contributed by atoms with Gasteiger partial charge in [-0.15, -0.1) is 0 Å². The number of fused-ring (bicyclic) bond motifs is 1. The summed E-state index contributed by atoms with van der Waals surface area (Å²) in [6.45, 7) is 0.559. The number of carbonyl (C=O) groups excluding carboxylic acids is 1. The van der Waals surface area contributed by atoms with E-state index in [1.54, 1.807) is 6.07 Å². The first-order valence-electron chi connectivity index (χ1n) is 6.13. The van der Waals surface area contributed by atoms with Crippen LogP contribution in [0.4, 0.5) is 11.4 Å². The summed E-state index contributed by atoms with van der Waals surface area (Å²) in [5.74, 6) is -0.202. The molecule has 0 bridgehead atoms. The minimum Gasteiger partial charge on any atom is -0.382 e. The van der Waals surface area contributed by atoms with Gasteiger partial charge in [0.25, 0.3) is 0 Å². The average Bonchev–Trinajstić information content (AvgIpc) is 2.58. The third-order valence-electron chi connectivity index (χ3n) is 3.25. The van der Waals surface area contributed by atoms with Crippen molar-refractivity contribution in [1.82, 2.24) is 0 Å². The normalized spacial score (nSPS) is 17.9. The Hall–Kier alpha value is -2.00. The molecule has 0 fully saturated rings. The molecular formula is C15H13ClN2O. The molecule has 1 aliphatic rings. The van der Waals surface area contributed by atoms with Crippen LogP contribution in [0.3, 0.4) is 0 Å². The molecule has 1 atom stereocenters. The Morgan fingerprint density at radius 1 is 1.05 bits per heavy atom. The van der Waals surface area contributed by atoms with E-state index in [2.05, 4.69) is 10.6 Å². The standard InChI is InChI=1S/C15H13ClN2O/c16-11-6-7-13-14(8-11)17-9-12(15(19)18-13)10-4-2-1-3-5-10/h1-8,12,17H,9H2,(H,18,19). The highest BCUT2D eigenvalue weighted by Gasteiger charge is 2.24. The van der Waals surface area contributed by atoms with Crippen LogP contribution in [0.1, 0.15) is 11.5 Å². The molecular weight excluding hydrogens is 260 g/mol. The second-order valence-electron chi connectivity index (χ2n) is 4.52. The Morgan fingerprint density at radius 2 is 1.84 bits per heavy atom. The summed E-state index contributed by atoms with van der Waals surface area (Å²) >= 11 is 5.97. The summed E-state index contributed by atoms with van der Waals surface area (Å²) in [5, 5.41) is 6.87. The van der Waals surface area contributed by atoms with Gasteiger partial charge in [0.2, 0.25) is 5.91 Å². The third-order valence-corrected chi connectivity index (χ3v) is 3.49. The summed E-state index contributed by atoms with van der Waals surface area (Å²) in [5.41, 5.74) is 2.64. The van der Waals surface area contributed by atoms with Gasteiger partial charge in [-0.2, -0.15) is 0 Å². The molecule has 0 saturated heterocycles. The van der Waals surface area contributed by atoms with Gasteiger partial charge in [-0.25, -0.2) is 0 Å². The van der Waals surface area contributed by atoms with Crippen molar-refractivity contribution in [2.24, 2.45) is 0 Å². The minimum atomic E-state index is -0.202. The van der Waals surface area contributed by atoms with Crippen molar-refractivity contribution in [3.05, 3.63) is 59.1 Å². The first kappa shape index (κ1) is 12.1. The van der Waals surface area contributed by atoms with Gasteiger partial charge in [0.1, 0.15) is 0 Å². The molecule has 1 unspecified atom stereocenters. The van der Waals surface area contributed by atoms with Gasteiger partial charge in [-0.1, -0.05) is 41.9 Å². The smallest absolute Gasteiger partial charge is 0.233 e. The summed E-state index contributed by atoms with van der Waals surface area (Å²) in [6.07, 6.45) is 0. The van der Waals surface area contributed by atoms with E-state index in [4.69, 9.17) is 11.6 Å². The van der Waals surface area contributed by atoms with Gasteiger partial charge >= 0.3 is 0 Å². The first-order valence-corrected chi connectivity index (χ1v) is 6.51. The fraction of sp³-hybridized carbons (Fsp3) is 0.133. The molecule has 1 aliphatic heterocycles. The summed E-state index contributed by atoms with van der Waals surface area (Å²) in [6, 6.07) is 15.2. The van der Waals surface area contributed by atoms with Crippen LogP contribution in [0.5, 0.6) is 0 Å². The van der Waals surface area contributed by atoms with E-state index in [9.17, 15) is 4.79 Å². The lowest BCUT2D eigenvalue weighted by Gasteiger charge is -2.13. The van der Waals surface area contributed by atoms with Crippen molar-refractivity contribution >= 4 is 28.9 Å². The molecule has 19 heavy (non-hydrogen) atoms. The van der Waals surface area contributed by atoms with Gasteiger partial charge < -0.3 is 10.6 Å². The highest BCUT2D eigenvalue weighted by atomic mass is 35.5. The molecule has 0 radical (unpaired) electrons. The summed E-state index contributed by atoms with van der Waals surface area (Å²) in [7, 11) is 0. The fourth-order valence-corrected chi connectivity index (χ4v) is 2.42. The van der Waals surface area contributed by atoms with Crippen molar-refractivity contribution in [2.45, 2.75) is 5.92 Å². The SMILES string of the molecule is O=C1Nc2ccc(Cl)cc2NCC1c1ccccc1. The zero-order chi connectivity index (χ0) is 13.2. The van der Waals surface area contributed by atoms with Crippen LogP contribution in [0.15, 0.2) is 48.5 Å². The molecule has 0 aliphatic carbocycles. The van der Waals surface area contributed by atoms with Crippen LogP contribution in [-0.4, -0.2) is 12.5 Å². The molecule has 4 heteroatoms. The number of anilines is 2. The number of rotatable bonds is 1. The van der Waals surface area contributed by atoms with Gasteiger partial charge in [0.15, 0.2) is 0 Å². The van der Waals surface area contributed by atoms with Gasteiger partial charge in [-0.3, -0.25) is 4.79 Å². The maximum atomic E-state index is 12.3. The summed E-state index contributed by atoms with van der Waals surface area (Å²) < 4.78 is 0. The highest BCUT2D eigenvalue weighted by molar-refractivity contribution is 6.31. The number of amides is 1. The van der Waals surface area contributed by atoms with Crippen LogP contribution in [0.2, 0.25) is 5.02 Å². The highest BCUT2D eigenvalue weighted by Crippen LogP contribution is 2.30. The molecule has 0 spiro atoms. The second-order valence-corrected chi connectivity index (χ2v) is 4.96. The van der Waals surface area contributed by atoms with E-state index in [0.717, 1.165) is 16.9 Å². The Kier molecular flexibility index (Phi) is 3.13. The predicted molar refractivity (Wildman–Crippen MR) is 77.8 cm³/mol. The molecule has 0 saturated carbocycles. The van der Waals surface area contributed by atoms with Crippen molar-refractivity contribution in [2.75, 3.05) is 17.2 Å². The lowest BCUT2D eigenvalue weighted by molar-refractivity contribution is -0.117. The van der Waals surface area contributed by atoms with E-state index in [0.29, 0.717) is 11.6 Å². The van der Waals surface area contributed by atoms with E-state index < -0.39 is 0 Å². The van der Waals surface area contributed by atoms with E-state index in [1.807, 2.05) is 42.5 Å². The van der Waals surface area contributed by atoms with E-state index in [1.165, 1.54) is 0 Å². The van der Waals surface area contributed by atoms with Crippen molar-refractivity contribution in [1.29, 1.82) is 0 Å². The maximum absolute atomic E-state index is 12.3. The number of hydrogen-bond donors (Lipinski definition) is 2. The van der Waals surface area contributed by atoms with Gasteiger partial charge in [0, 0.05) is 11.6 Å². The Balaban J connectivity index is 1.92. The fourth-order valence-electron chi connectivity index (χ4n) is 2.25. The molecule has 3 rings (SSSR count). The van der Waals surface area contributed by atoms with Gasteiger partial charge in [-0.05, 0) is 23.8 Å². The predicted octanol–water partition coefficient (Wildman–Crippen LogP) is 3.49. The van der Waals surface area contributed by atoms with Crippen molar-refractivity contribution in [3.63, 3.8) is 0 Å². The van der Waals surface area contributed by atoms with Crippen LogP contribution in [0, 0.1) is 0 Å². The Labute approximate surface area is 116 Å². The van der Waals surface area contributed by atoms with Crippen molar-refractivity contribution in [3.8, 4) is 0 Å². The molecule has 96 valence electrons. The monoisotopic (exact) mass is 272 g/mol. The second kappa shape index (κ2) is 4.94. The maximum Gasteiger partial charge on any atom is 0.233 e. The molecule has 0 aromatic heterocycles. The topological polar surface area (TPSA) is 41.1 Å². The number of hydrogen-bond acceptors (Lipinski definition) is 2. The minimum absolute atomic E-state index is 0.000211. The van der Waals surface area contributed by atoms with Crippen LogP contribution in [-0.2, 0) is 4.79 Å². The zero-order valence-electron chi connectivity index (χ0n) is 10.2. The molecule has 2 N–H and O–H groups in total. The number of carbonyl (C=O) groups is 1. The number of benzene rings is 2. The molecule has 3 nitrogen and oxygen atoms in total. The molecule has 2 aromatic carbocycles. The number of halogens is 1. The first-order chi connectivity index (χ1) is 9.24. The third kappa shape index (κ3) is 2.42. The van der Waals surface area contributed by atoms with Gasteiger partial charge in [0.05, 0.1) is 17.3 Å². The molecule has 1 amide bonds. The molecule has 2 aromatic rings. The Bertz CT molecular complexity index is 613. The molecule has 1 heterocycles. The Morgan fingerprint density at radius 3 is 2.63 bits per heavy atom. The van der Waals surface area contributed by atoms with E-state index in [-0.39, 0.29) is 11.8 Å². The van der Waals surface area contributed by atoms with Crippen LogP contribution < -0.4 is 10.6 Å². The van der Waals surface area contributed by atoms with Crippen molar-refractivity contribution < 1.29 is 4.79 Å². The number of nitrogens with one attached hydrogen (secondary N) is 2. The lowest BCUT2D eigenvalue weighted by atomic mass is 9.98. The summed E-state index contributed by atoms with van der Waals surface area (Å²) in [4.78, 5) is 12.3. The van der Waals surface area contributed by atoms with Crippen LogP contribution >= 0.6 is 11.6 Å². The quantitative estimate of drug-likeness (QED) is 0.834. The lowest BCUT2D eigenvalue weighted by Crippen LogP contribution is -2.23. The largest absolute Gasteiger partial charge is 0.382 e. The average molecular weight is 273 g/mol. The van der Waals surface area contributed by atoms with Crippen LogP contribution in [0.25, 0.3) is 0 Å². The van der Waals surface area contributed by atoms with E-state index >= 15 is 0 Å². The zero-order valence-corrected chi connectivity index (χ0v) is 10.9.